The number of halogens is 1. The standard InChI is InChI=1S/C36H37ClN6O3/c1-42-16-14-23(21-42)19-40-34(44)26-10-6-24(7-11-26)28-18-31(33(38)39-20-28)35(45)41-29-15-17-43(22-29)36(46)27-12-8-25(9-13-27)30-4-2-3-5-32(30)37/h2-13,18,20,23,29H,14-17,19,21-22H2,1H3,(H2,38,39)(H,40,44)(H,41,45)/t23?,29-/m1/s1. The number of anilines is 1. The van der Waals surface area contributed by atoms with Gasteiger partial charge in [0.1, 0.15) is 5.82 Å². The van der Waals surface area contributed by atoms with Gasteiger partial charge in [-0.1, -0.05) is 54.1 Å². The first kappa shape index (κ1) is 31.3. The molecule has 3 amide bonds. The molecule has 0 aliphatic carbocycles. The predicted octanol–water partition coefficient (Wildman–Crippen LogP) is 4.98. The van der Waals surface area contributed by atoms with Crippen molar-refractivity contribution in [2.24, 2.45) is 5.92 Å². The highest BCUT2D eigenvalue weighted by Crippen LogP contribution is 2.28. The molecule has 46 heavy (non-hydrogen) atoms. The number of nitrogen functional groups attached to an aromatic ring is 1. The first-order chi connectivity index (χ1) is 22.2. The van der Waals surface area contributed by atoms with Crippen molar-refractivity contribution in [3.05, 3.63) is 107 Å². The van der Waals surface area contributed by atoms with Crippen LogP contribution in [0.4, 0.5) is 5.82 Å². The van der Waals surface area contributed by atoms with Crippen LogP contribution in [0.2, 0.25) is 5.02 Å². The Hall–Kier alpha value is -4.73. The Bertz CT molecular complexity index is 1740. The highest BCUT2D eigenvalue weighted by atomic mass is 35.5. The average Bonchev–Trinajstić information content (AvgIpc) is 3.72. The number of nitrogens with one attached hydrogen (secondary N) is 2. The smallest absolute Gasteiger partial charge is 0.255 e. The quantitative estimate of drug-likeness (QED) is 0.251. The lowest BCUT2D eigenvalue weighted by atomic mass is 10.0. The zero-order valence-corrected chi connectivity index (χ0v) is 26.5. The Morgan fingerprint density at radius 1 is 0.870 bits per heavy atom. The predicted molar refractivity (Wildman–Crippen MR) is 181 cm³/mol. The number of amides is 3. The minimum Gasteiger partial charge on any atom is -0.383 e. The molecule has 1 aromatic heterocycles. The van der Waals surface area contributed by atoms with Gasteiger partial charge in [0.05, 0.1) is 5.56 Å². The molecule has 2 saturated heterocycles. The van der Waals surface area contributed by atoms with Gasteiger partial charge in [-0.15, -0.1) is 0 Å². The van der Waals surface area contributed by atoms with Crippen molar-refractivity contribution in [1.29, 1.82) is 0 Å². The lowest BCUT2D eigenvalue weighted by Crippen LogP contribution is -2.38. The summed E-state index contributed by atoms with van der Waals surface area (Å²) in [6.45, 7) is 3.64. The lowest BCUT2D eigenvalue weighted by Gasteiger charge is -2.18. The van der Waals surface area contributed by atoms with Crippen LogP contribution >= 0.6 is 11.6 Å². The van der Waals surface area contributed by atoms with E-state index in [0.717, 1.165) is 36.2 Å². The van der Waals surface area contributed by atoms with Crippen molar-refractivity contribution >= 4 is 35.1 Å². The Balaban J connectivity index is 1.05. The zero-order chi connectivity index (χ0) is 32.2. The fourth-order valence-corrected chi connectivity index (χ4v) is 6.40. The van der Waals surface area contributed by atoms with E-state index in [2.05, 4.69) is 27.6 Å². The summed E-state index contributed by atoms with van der Waals surface area (Å²) in [6.07, 6.45) is 3.33. The SMILES string of the molecule is CN1CCC(CNC(=O)c2ccc(-c3cnc(N)c(C(=O)N[C@@H]4CCN(C(=O)c5ccc(-c6ccccc6Cl)cc5)C4)c3)cc2)C1. The third-order valence-electron chi connectivity index (χ3n) is 8.81. The molecule has 236 valence electrons. The number of likely N-dealkylation sites (tertiary alicyclic amines) is 2. The van der Waals surface area contributed by atoms with Crippen molar-refractivity contribution in [2.45, 2.75) is 18.9 Å². The first-order valence-electron chi connectivity index (χ1n) is 15.5. The van der Waals surface area contributed by atoms with E-state index in [1.165, 1.54) is 0 Å². The van der Waals surface area contributed by atoms with Gasteiger partial charge in [-0.2, -0.15) is 0 Å². The molecule has 3 aromatic carbocycles. The molecule has 3 heterocycles. The van der Waals surface area contributed by atoms with Crippen LogP contribution in [-0.2, 0) is 0 Å². The summed E-state index contributed by atoms with van der Waals surface area (Å²) in [4.78, 5) is 47.5. The van der Waals surface area contributed by atoms with Crippen molar-refractivity contribution < 1.29 is 14.4 Å². The van der Waals surface area contributed by atoms with Crippen LogP contribution in [-0.4, -0.2) is 78.3 Å². The molecule has 0 spiro atoms. The fraction of sp³-hybridized carbons (Fsp3) is 0.278. The van der Waals surface area contributed by atoms with E-state index in [4.69, 9.17) is 17.3 Å². The van der Waals surface area contributed by atoms with Crippen LogP contribution in [0.5, 0.6) is 0 Å². The van der Waals surface area contributed by atoms with E-state index in [9.17, 15) is 14.4 Å². The second-order valence-corrected chi connectivity index (χ2v) is 12.5. The number of aromatic nitrogens is 1. The second kappa shape index (κ2) is 13.7. The molecule has 2 atom stereocenters. The van der Waals surface area contributed by atoms with Crippen LogP contribution in [0.3, 0.4) is 0 Å². The average molecular weight is 637 g/mol. The van der Waals surface area contributed by atoms with E-state index in [1.54, 1.807) is 41.4 Å². The Labute approximate surface area is 273 Å². The van der Waals surface area contributed by atoms with E-state index in [0.29, 0.717) is 53.7 Å². The monoisotopic (exact) mass is 636 g/mol. The Morgan fingerprint density at radius 3 is 2.30 bits per heavy atom. The molecule has 1 unspecified atom stereocenters. The minimum atomic E-state index is -0.344. The van der Waals surface area contributed by atoms with Gasteiger partial charge in [-0.05, 0) is 79.9 Å². The molecule has 0 radical (unpaired) electrons. The fourth-order valence-electron chi connectivity index (χ4n) is 6.16. The minimum absolute atomic E-state index is 0.0890. The number of hydrogen-bond acceptors (Lipinski definition) is 6. The maximum absolute atomic E-state index is 13.3. The van der Waals surface area contributed by atoms with Gasteiger partial charge in [0.2, 0.25) is 0 Å². The van der Waals surface area contributed by atoms with Crippen molar-refractivity contribution in [1.82, 2.24) is 25.4 Å². The molecule has 2 fully saturated rings. The van der Waals surface area contributed by atoms with Crippen LogP contribution < -0.4 is 16.4 Å². The molecule has 0 saturated carbocycles. The maximum Gasteiger partial charge on any atom is 0.255 e. The molecule has 0 bridgehead atoms. The number of nitrogens with zero attached hydrogens (tertiary/aromatic N) is 3. The van der Waals surface area contributed by atoms with E-state index >= 15 is 0 Å². The normalized spacial score (nSPS) is 18.0. The number of rotatable bonds is 8. The van der Waals surface area contributed by atoms with Gasteiger partial charge >= 0.3 is 0 Å². The van der Waals surface area contributed by atoms with Gasteiger partial charge in [0.15, 0.2) is 0 Å². The summed E-state index contributed by atoms with van der Waals surface area (Å²) in [7, 11) is 2.10. The molecule has 4 aromatic rings. The lowest BCUT2D eigenvalue weighted by molar-refractivity contribution is 0.0783. The summed E-state index contributed by atoms with van der Waals surface area (Å²) in [5, 5.41) is 6.72. The number of hydrogen-bond donors (Lipinski definition) is 3. The van der Waals surface area contributed by atoms with Gasteiger partial charge in [0.25, 0.3) is 17.7 Å². The third kappa shape index (κ3) is 7.06. The number of pyridine rings is 1. The topological polar surface area (TPSA) is 121 Å². The zero-order valence-electron chi connectivity index (χ0n) is 25.7. The summed E-state index contributed by atoms with van der Waals surface area (Å²) in [6, 6.07) is 23.7. The van der Waals surface area contributed by atoms with Gasteiger partial charge in [-0.25, -0.2) is 4.98 Å². The Morgan fingerprint density at radius 2 is 1.59 bits per heavy atom. The van der Waals surface area contributed by atoms with Crippen LogP contribution in [0.15, 0.2) is 85.1 Å². The third-order valence-corrected chi connectivity index (χ3v) is 9.14. The second-order valence-electron chi connectivity index (χ2n) is 12.1. The molecule has 6 rings (SSSR count). The highest BCUT2D eigenvalue weighted by molar-refractivity contribution is 6.33. The molecule has 2 aliphatic heterocycles. The number of carbonyl (C=O) groups excluding carboxylic acids is 3. The van der Waals surface area contributed by atoms with E-state index in [-0.39, 0.29) is 35.1 Å². The van der Waals surface area contributed by atoms with Gasteiger partial charge in [-0.3, -0.25) is 14.4 Å². The van der Waals surface area contributed by atoms with Crippen molar-refractivity contribution in [2.75, 3.05) is 45.5 Å². The molecule has 10 heteroatoms. The summed E-state index contributed by atoms with van der Waals surface area (Å²) in [5.74, 6) is 0.0660. The van der Waals surface area contributed by atoms with Gasteiger partial charge in [0, 0.05) is 65.7 Å². The largest absolute Gasteiger partial charge is 0.383 e. The van der Waals surface area contributed by atoms with Crippen molar-refractivity contribution in [3.63, 3.8) is 0 Å². The Kier molecular flexibility index (Phi) is 9.33. The number of nitrogens with two attached hydrogens (primary N) is 1. The summed E-state index contributed by atoms with van der Waals surface area (Å²) >= 11 is 6.33. The van der Waals surface area contributed by atoms with Crippen LogP contribution in [0.1, 0.15) is 43.9 Å². The number of carbonyl (C=O) groups is 3. The molecular weight excluding hydrogens is 600 g/mol. The molecule has 2 aliphatic rings. The summed E-state index contributed by atoms with van der Waals surface area (Å²) in [5.41, 5.74) is 10.9. The van der Waals surface area contributed by atoms with Crippen LogP contribution in [0, 0.1) is 5.92 Å². The molecule has 4 N–H and O–H groups in total. The first-order valence-corrected chi connectivity index (χ1v) is 15.9. The molecular formula is C36H37ClN6O3. The van der Waals surface area contributed by atoms with E-state index < -0.39 is 0 Å². The van der Waals surface area contributed by atoms with Gasteiger partial charge < -0.3 is 26.2 Å². The van der Waals surface area contributed by atoms with Crippen LogP contribution in [0.25, 0.3) is 22.3 Å². The molecule has 9 nitrogen and oxygen atoms in total. The van der Waals surface area contributed by atoms with E-state index in [1.807, 2.05) is 48.5 Å². The summed E-state index contributed by atoms with van der Waals surface area (Å²) < 4.78 is 0. The van der Waals surface area contributed by atoms with Crippen molar-refractivity contribution in [3.8, 4) is 22.3 Å². The highest BCUT2D eigenvalue weighted by Gasteiger charge is 2.29. The number of benzene rings is 3. The maximum atomic E-state index is 13.3.